The Labute approximate surface area is 229 Å². The third kappa shape index (κ3) is 6.49. The standard InChI is InChI=1S/C32H33N5O2/c1-22-9-11-24(12-10-22)15-18-29-34-30(36-32(35-29)33-21-25-13-16-28(39-3)17-14-25)20-26-19-23(2)37(31(26)38)27-7-5-4-6-8-27/h4-14,16-17,26H,2,15,18-21H2,1,3H3,(H,33,34,35,36). The summed E-state index contributed by atoms with van der Waals surface area (Å²) in [5, 5.41) is 3.35. The molecule has 1 aliphatic heterocycles. The minimum Gasteiger partial charge on any atom is -0.497 e. The predicted molar refractivity (Wildman–Crippen MR) is 154 cm³/mol. The molecule has 1 atom stereocenters. The van der Waals surface area contributed by atoms with Gasteiger partial charge in [-0.1, -0.05) is 66.7 Å². The van der Waals surface area contributed by atoms with E-state index in [0.717, 1.165) is 29.1 Å². The normalized spacial score (nSPS) is 15.0. The van der Waals surface area contributed by atoms with Crippen molar-refractivity contribution in [3.63, 3.8) is 0 Å². The summed E-state index contributed by atoms with van der Waals surface area (Å²) in [6.45, 7) is 6.81. The molecular formula is C32H33N5O2. The molecule has 3 aromatic carbocycles. The molecule has 0 spiro atoms. The van der Waals surface area contributed by atoms with E-state index in [9.17, 15) is 4.79 Å². The second kappa shape index (κ2) is 11.9. The summed E-state index contributed by atoms with van der Waals surface area (Å²) in [6, 6.07) is 26.0. The number of para-hydroxylation sites is 1. The lowest BCUT2D eigenvalue weighted by molar-refractivity contribution is -0.120. The van der Waals surface area contributed by atoms with Crippen molar-refractivity contribution < 1.29 is 9.53 Å². The fourth-order valence-electron chi connectivity index (χ4n) is 4.75. The highest BCUT2D eigenvalue weighted by Crippen LogP contribution is 2.33. The smallest absolute Gasteiger partial charge is 0.235 e. The molecule has 1 fully saturated rings. The Morgan fingerprint density at radius 2 is 1.59 bits per heavy atom. The lowest BCUT2D eigenvalue weighted by Crippen LogP contribution is -2.27. The van der Waals surface area contributed by atoms with Crippen LogP contribution in [0, 0.1) is 12.8 Å². The highest BCUT2D eigenvalue weighted by molar-refractivity contribution is 6.01. The average molecular weight is 520 g/mol. The van der Waals surface area contributed by atoms with Crippen LogP contribution in [0.2, 0.25) is 0 Å². The zero-order valence-corrected chi connectivity index (χ0v) is 22.4. The summed E-state index contributed by atoms with van der Waals surface area (Å²) in [6.07, 6.45) is 2.50. The Balaban J connectivity index is 1.34. The van der Waals surface area contributed by atoms with Gasteiger partial charge in [0.05, 0.1) is 13.0 Å². The molecule has 0 saturated carbocycles. The quantitative estimate of drug-likeness (QED) is 0.290. The molecule has 7 heteroatoms. The van der Waals surface area contributed by atoms with Gasteiger partial charge in [-0.3, -0.25) is 9.69 Å². The molecule has 39 heavy (non-hydrogen) atoms. The van der Waals surface area contributed by atoms with Crippen LogP contribution < -0.4 is 15.0 Å². The summed E-state index contributed by atoms with van der Waals surface area (Å²) < 4.78 is 5.26. The fourth-order valence-corrected chi connectivity index (χ4v) is 4.75. The van der Waals surface area contributed by atoms with Gasteiger partial charge in [-0.15, -0.1) is 0 Å². The number of carbonyl (C=O) groups excluding carboxylic acids is 1. The van der Waals surface area contributed by atoms with Gasteiger partial charge >= 0.3 is 0 Å². The van der Waals surface area contributed by atoms with Gasteiger partial charge < -0.3 is 10.1 Å². The van der Waals surface area contributed by atoms with E-state index in [1.807, 2.05) is 54.6 Å². The van der Waals surface area contributed by atoms with Crippen LogP contribution in [0.1, 0.15) is 34.8 Å². The van der Waals surface area contributed by atoms with Crippen molar-refractivity contribution in [2.45, 2.75) is 39.2 Å². The number of hydrogen-bond acceptors (Lipinski definition) is 6. The van der Waals surface area contributed by atoms with Crippen LogP contribution in [0.5, 0.6) is 5.75 Å². The van der Waals surface area contributed by atoms with E-state index >= 15 is 0 Å². The largest absolute Gasteiger partial charge is 0.497 e. The van der Waals surface area contributed by atoms with Gasteiger partial charge in [0.1, 0.15) is 17.4 Å². The summed E-state index contributed by atoms with van der Waals surface area (Å²) >= 11 is 0. The highest BCUT2D eigenvalue weighted by atomic mass is 16.5. The Bertz CT molecular complexity index is 1440. The Kier molecular flexibility index (Phi) is 7.96. The number of allylic oxidation sites excluding steroid dienone is 1. The Hall–Kier alpha value is -4.52. The SMILES string of the molecule is C=C1CC(Cc2nc(CCc3ccc(C)cc3)nc(NCc3ccc(OC)cc3)n2)C(=O)N1c1ccccc1. The van der Waals surface area contributed by atoms with Crippen LogP contribution in [-0.4, -0.2) is 28.0 Å². The van der Waals surface area contributed by atoms with E-state index < -0.39 is 0 Å². The first kappa shape index (κ1) is 26.1. The molecule has 2 heterocycles. The predicted octanol–water partition coefficient (Wildman–Crippen LogP) is 5.70. The van der Waals surface area contributed by atoms with Crippen LogP contribution in [0.15, 0.2) is 91.1 Å². The number of carbonyl (C=O) groups is 1. The van der Waals surface area contributed by atoms with Crippen molar-refractivity contribution in [3.8, 4) is 5.75 Å². The molecule has 7 nitrogen and oxygen atoms in total. The maximum absolute atomic E-state index is 13.4. The van der Waals surface area contributed by atoms with E-state index in [4.69, 9.17) is 19.7 Å². The maximum Gasteiger partial charge on any atom is 0.235 e. The van der Waals surface area contributed by atoms with E-state index in [2.05, 4.69) is 43.1 Å². The van der Waals surface area contributed by atoms with Gasteiger partial charge in [-0.05, 0) is 55.2 Å². The van der Waals surface area contributed by atoms with E-state index in [1.54, 1.807) is 12.0 Å². The summed E-state index contributed by atoms with van der Waals surface area (Å²) in [7, 11) is 1.65. The third-order valence-electron chi connectivity index (χ3n) is 6.91. The van der Waals surface area contributed by atoms with Crippen molar-refractivity contribution in [2.75, 3.05) is 17.3 Å². The first-order valence-corrected chi connectivity index (χ1v) is 13.2. The van der Waals surface area contributed by atoms with Gasteiger partial charge in [-0.2, -0.15) is 9.97 Å². The molecule has 4 aromatic rings. The summed E-state index contributed by atoms with van der Waals surface area (Å²) in [4.78, 5) is 29.3. The van der Waals surface area contributed by atoms with Crippen LogP contribution in [0.4, 0.5) is 11.6 Å². The minimum atomic E-state index is -0.264. The second-order valence-electron chi connectivity index (χ2n) is 9.86. The zero-order chi connectivity index (χ0) is 27.2. The first-order valence-electron chi connectivity index (χ1n) is 13.2. The number of aryl methyl sites for hydroxylation is 3. The number of amides is 1. The average Bonchev–Trinajstić information content (AvgIpc) is 3.24. The summed E-state index contributed by atoms with van der Waals surface area (Å²) in [5.74, 6) is 2.41. The van der Waals surface area contributed by atoms with Crippen LogP contribution in [-0.2, 0) is 30.6 Å². The Morgan fingerprint density at radius 1 is 0.897 bits per heavy atom. The molecule has 1 amide bonds. The number of aromatic nitrogens is 3. The molecule has 1 saturated heterocycles. The molecule has 1 aliphatic rings. The summed E-state index contributed by atoms with van der Waals surface area (Å²) in [5.41, 5.74) is 5.18. The lowest BCUT2D eigenvalue weighted by Gasteiger charge is -2.17. The highest BCUT2D eigenvalue weighted by Gasteiger charge is 2.36. The molecule has 1 N–H and O–H groups in total. The van der Waals surface area contributed by atoms with Crippen molar-refractivity contribution in [2.24, 2.45) is 5.92 Å². The maximum atomic E-state index is 13.4. The molecule has 5 rings (SSSR count). The van der Waals surface area contributed by atoms with E-state index in [-0.39, 0.29) is 11.8 Å². The van der Waals surface area contributed by atoms with Gasteiger partial charge in [0, 0.05) is 30.8 Å². The van der Waals surface area contributed by atoms with Gasteiger partial charge in [0.25, 0.3) is 0 Å². The van der Waals surface area contributed by atoms with E-state index in [0.29, 0.717) is 43.4 Å². The van der Waals surface area contributed by atoms with Gasteiger partial charge in [-0.25, -0.2) is 4.98 Å². The number of benzene rings is 3. The van der Waals surface area contributed by atoms with Crippen LogP contribution >= 0.6 is 0 Å². The topological polar surface area (TPSA) is 80.2 Å². The molecule has 0 aliphatic carbocycles. The second-order valence-corrected chi connectivity index (χ2v) is 9.86. The number of methoxy groups -OCH3 is 1. The molecule has 1 aromatic heterocycles. The first-order chi connectivity index (χ1) is 19.0. The van der Waals surface area contributed by atoms with Gasteiger partial charge in [0.15, 0.2) is 0 Å². The molecule has 0 bridgehead atoms. The van der Waals surface area contributed by atoms with Crippen molar-refractivity contribution in [3.05, 3.63) is 119 Å². The van der Waals surface area contributed by atoms with Gasteiger partial charge in [0.2, 0.25) is 11.9 Å². The number of rotatable bonds is 10. The van der Waals surface area contributed by atoms with Crippen molar-refractivity contribution in [1.82, 2.24) is 15.0 Å². The zero-order valence-electron chi connectivity index (χ0n) is 22.4. The Morgan fingerprint density at radius 3 is 2.31 bits per heavy atom. The van der Waals surface area contributed by atoms with Crippen molar-refractivity contribution in [1.29, 1.82) is 0 Å². The lowest BCUT2D eigenvalue weighted by atomic mass is 10.0. The minimum absolute atomic E-state index is 0.0283. The number of anilines is 2. The molecular weight excluding hydrogens is 486 g/mol. The third-order valence-corrected chi connectivity index (χ3v) is 6.91. The van der Waals surface area contributed by atoms with Crippen LogP contribution in [0.25, 0.3) is 0 Å². The monoisotopic (exact) mass is 519 g/mol. The number of ether oxygens (including phenoxy) is 1. The number of nitrogens with one attached hydrogen (secondary N) is 1. The molecule has 1 unspecified atom stereocenters. The van der Waals surface area contributed by atoms with Crippen LogP contribution in [0.3, 0.4) is 0 Å². The fraction of sp³-hybridized carbons (Fsp3) is 0.250. The number of hydrogen-bond donors (Lipinski definition) is 1. The van der Waals surface area contributed by atoms with Crippen molar-refractivity contribution >= 4 is 17.5 Å². The number of nitrogens with zero attached hydrogens (tertiary/aromatic N) is 4. The van der Waals surface area contributed by atoms with E-state index in [1.165, 1.54) is 11.1 Å². The molecule has 0 radical (unpaired) electrons. The molecule has 198 valence electrons.